The van der Waals surface area contributed by atoms with Crippen LogP contribution in [0.2, 0.25) is 10.2 Å². The third-order valence-corrected chi connectivity index (χ3v) is 5.24. The first kappa shape index (κ1) is 16.5. The topological polar surface area (TPSA) is 66.3 Å². The Kier molecular flexibility index (Phi) is 3.63. The molecule has 0 N–H and O–H groups in total. The van der Waals surface area contributed by atoms with E-state index in [0.717, 1.165) is 34.2 Å². The number of nitrogens with zero attached hydrogens (tertiary/aromatic N) is 7. The molecule has 0 atom stereocenters. The van der Waals surface area contributed by atoms with Gasteiger partial charge in [0.25, 0.3) is 0 Å². The first-order valence-corrected chi connectivity index (χ1v) is 9.22. The summed E-state index contributed by atoms with van der Waals surface area (Å²) in [5.74, 6) is 1.44. The molecule has 0 aliphatic carbocycles. The van der Waals surface area contributed by atoms with E-state index in [1.54, 1.807) is 6.33 Å². The lowest BCUT2D eigenvalue weighted by molar-refractivity contribution is 0.609. The lowest BCUT2D eigenvalue weighted by Gasteiger charge is -2.08. The number of aryl methyl sites for hydroxylation is 2. The molecule has 1 aromatic carbocycles. The summed E-state index contributed by atoms with van der Waals surface area (Å²) in [6, 6.07) is 7.73. The van der Waals surface area contributed by atoms with Crippen molar-refractivity contribution >= 4 is 23.2 Å². The van der Waals surface area contributed by atoms with Crippen LogP contribution in [0.15, 0.2) is 30.6 Å². The van der Waals surface area contributed by atoms with Gasteiger partial charge in [0, 0.05) is 16.3 Å². The molecule has 0 unspecified atom stereocenters. The van der Waals surface area contributed by atoms with E-state index in [1.165, 1.54) is 0 Å². The number of hydrogen-bond donors (Lipinski definition) is 0. The highest BCUT2D eigenvalue weighted by Gasteiger charge is 2.25. The van der Waals surface area contributed by atoms with Crippen LogP contribution in [0.5, 0.6) is 0 Å². The van der Waals surface area contributed by atoms with Crippen LogP contribution in [-0.2, 0) is 13.1 Å². The summed E-state index contributed by atoms with van der Waals surface area (Å²) in [6.45, 7) is 4.97. The van der Waals surface area contributed by atoms with Crippen LogP contribution in [-0.4, -0.2) is 34.1 Å². The fourth-order valence-corrected chi connectivity index (χ4v) is 3.84. The van der Waals surface area contributed by atoms with Gasteiger partial charge in [-0.1, -0.05) is 23.2 Å². The monoisotopic (exact) mass is 399 g/mol. The van der Waals surface area contributed by atoms with Crippen molar-refractivity contribution < 1.29 is 0 Å². The molecule has 0 spiro atoms. The zero-order chi connectivity index (χ0) is 18.7. The molecular weight excluding hydrogens is 385 g/mol. The van der Waals surface area contributed by atoms with E-state index in [0.29, 0.717) is 29.1 Å². The summed E-state index contributed by atoms with van der Waals surface area (Å²) in [5, 5.41) is 10.3. The normalized spacial score (nSPS) is 12.4. The zero-order valence-corrected chi connectivity index (χ0v) is 16.2. The van der Waals surface area contributed by atoms with Gasteiger partial charge in [-0.3, -0.25) is 9.25 Å². The summed E-state index contributed by atoms with van der Waals surface area (Å²) in [4.78, 5) is 9.03. The smallest absolute Gasteiger partial charge is 0.172 e. The maximum atomic E-state index is 6.32. The van der Waals surface area contributed by atoms with Crippen LogP contribution in [0.4, 0.5) is 0 Å². The Hall–Kier alpha value is -2.64. The van der Waals surface area contributed by atoms with Crippen LogP contribution in [0, 0.1) is 13.8 Å². The first-order valence-electron chi connectivity index (χ1n) is 8.46. The highest BCUT2D eigenvalue weighted by molar-refractivity contribution is 6.31. The summed E-state index contributed by atoms with van der Waals surface area (Å²) in [5.41, 5.74) is 4.73. The number of fused-ring (bicyclic) bond motifs is 5. The Morgan fingerprint density at radius 1 is 1.11 bits per heavy atom. The molecule has 0 radical (unpaired) electrons. The van der Waals surface area contributed by atoms with E-state index in [2.05, 4.69) is 10.1 Å². The van der Waals surface area contributed by atoms with Crippen molar-refractivity contribution in [1.29, 1.82) is 0 Å². The molecule has 136 valence electrons. The van der Waals surface area contributed by atoms with E-state index < -0.39 is 0 Å². The highest BCUT2D eigenvalue weighted by atomic mass is 35.5. The average molecular weight is 400 g/mol. The molecule has 3 aromatic heterocycles. The van der Waals surface area contributed by atoms with Crippen molar-refractivity contribution in [2.24, 2.45) is 0 Å². The Labute approximate surface area is 165 Å². The van der Waals surface area contributed by atoms with Crippen molar-refractivity contribution in [1.82, 2.24) is 34.1 Å². The summed E-state index contributed by atoms with van der Waals surface area (Å²) in [7, 11) is 0. The number of imidazole rings is 1. The fourth-order valence-electron chi connectivity index (χ4n) is 3.47. The predicted octanol–water partition coefficient (Wildman–Crippen LogP) is 3.66. The van der Waals surface area contributed by atoms with Gasteiger partial charge in [-0.2, -0.15) is 10.2 Å². The molecule has 0 amide bonds. The van der Waals surface area contributed by atoms with Crippen molar-refractivity contribution in [3.05, 3.63) is 63.7 Å². The quantitative estimate of drug-likeness (QED) is 0.454. The van der Waals surface area contributed by atoms with Crippen LogP contribution in [0.3, 0.4) is 0 Å². The predicted molar refractivity (Wildman–Crippen MR) is 103 cm³/mol. The minimum absolute atomic E-state index is 0.458. The van der Waals surface area contributed by atoms with Crippen LogP contribution < -0.4 is 0 Å². The summed E-state index contributed by atoms with van der Waals surface area (Å²) >= 11 is 12.6. The Morgan fingerprint density at radius 2 is 1.96 bits per heavy atom. The second kappa shape index (κ2) is 5.94. The molecule has 0 saturated carbocycles. The summed E-state index contributed by atoms with van der Waals surface area (Å²) < 4.78 is 5.72. The minimum atomic E-state index is 0.458. The van der Waals surface area contributed by atoms with Gasteiger partial charge in [-0.25, -0.2) is 14.6 Å². The lowest BCUT2D eigenvalue weighted by atomic mass is 10.1. The number of benzene rings is 1. The van der Waals surface area contributed by atoms with E-state index in [4.69, 9.17) is 33.3 Å². The molecule has 27 heavy (non-hydrogen) atoms. The molecule has 0 fully saturated rings. The van der Waals surface area contributed by atoms with Crippen LogP contribution in [0.1, 0.15) is 22.9 Å². The highest BCUT2D eigenvalue weighted by Crippen LogP contribution is 2.34. The molecule has 9 heteroatoms. The van der Waals surface area contributed by atoms with Gasteiger partial charge in [-0.15, -0.1) is 0 Å². The zero-order valence-electron chi connectivity index (χ0n) is 14.7. The van der Waals surface area contributed by atoms with Crippen molar-refractivity contribution in [2.45, 2.75) is 26.9 Å². The maximum Gasteiger partial charge on any atom is 0.172 e. The first-order chi connectivity index (χ1) is 13.0. The van der Waals surface area contributed by atoms with Gasteiger partial charge >= 0.3 is 0 Å². The Morgan fingerprint density at radius 3 is 2.74 bits per heavy atom. The van der Waals surface area contributed by atoms with Gasteiger partial charge in [0.2, 0.25) is 0 Å². The molecule has 1 aliphatic heterocycles. The second-order valence-electron chi connectivity index (χ2n) is 6.61. The molecule has 0 saturated heterocycles. The molecule has 4 aromatic rings. The van der Waals surface area contributed by atoms with Crippen LogP contribution >= 0.6 is 23.2 Å². The van der Waals surface area contributed by atoms with E-state index >= 15 is 0 Å². The molecular formula is C18H15Cl2N7. The Balaban J connectivity index is 1.66. The fraction of sp³-hybridized carbons (Fsp3) is 0.222. The number of halogens is 2. The molecule has 4 heterocycles. The minimum Gasteiger partial charge on any atom is -0.299 e. The van der Waals surface area contributed by atoms with Crippen molar-refractivity contribution in [3.63, 3.8) is 0 Å². The van der Waals surface area contributed by atoms with Gasteiger partial charge in [-0.05, 0) is 38.1 Å². The number of rotatable bonds is 2. The Bertz CT molecular complexity index is 1180. The molecule has 1 aliphatic rings. The van der Waals surface area contributed by atoms with Crippen molar-refractivity contribution in [3.8, 4) is 17.1 Å². The van der Waals surface area contributed by atoms with Gasteiger partial charge in [0.15, 0.2) is 16.8 Å². The molecule has 7 nitrogen and oxygen atoms in total. The SMILES string of the molecule is Cc1cc(C)n(Cc2nc3n(n2)Cc2c(Cl)ncn2-c2ccc(Cl)cc2-3)n1. The van der Waals surface area contributed by atoms with E-state index in [1.807, 2.05) is 52.0 Å². The third-order valence-electron chi connectivity index (χ3n) is 4.68. The van der Waals surface area contributed by atoms with E-state index in [9.17, 15) is 0 Å². The number of aromatic nitrogens is 7. The summed E-state index contributed by atoms with van der Waals surface area (Å²) in [6.07, 6.45) is 1.72. The lowest BCUT2D eigenvalue weighted by Crippen LogP contribution is -2.08. The largest absolute Gasteiger partial charge is 0.299 e. The van der Waals surface area contributed by atoms with Gasteiger partial charge < -0.3 is 0 Å². The average Bonchev–Trinajstić information content (AvgIpc) is 3.25. The second-order valence-corrected chi connectivity index (χ2v) is 7.40. The van der Waals surface area contributed by atoms with Gasteiger partial charge in [0.1, 0.15) is 12.9 Å². The molecule has 0 bridgehead atoms. The van der Waals surface area contributed by atoms with E-state index in [-0.39, 0.29) is 0 Å². The van der Waals surface area contributed by atoms with Crippen LogP contribution in [0.25, 0.3) is 17.1 Å². The maximum absolute atomic E-state index is 6.32. The van der Waals surface area contributed by atoms with Crippen molar-refractivity contribution in [2.75, 3.05) is 0 Å². The number of hydrogen-bond acceptors (Lipinski definition) is 4. The standard InChI is InChI=1S/C18H15Cl2N7/c1-10-5-11(2)26(23-10)8-16-22-18-13-6-12(19)3-4-14(13)25-9-21-17(20)15(25)7-27(18)24-16/h3-6,9H,7-8H2,1-2H3. The third kappa shape index (κ3) is 2.65. The molecule has 5 rings (SSSR count). The van der Waals surface area contributed by atoms with Gasteiger partial charge in [0.05, 0.1) is 23.6 Å².